The summed E-state index contributed by atoms with van der Waals surface area (Å²) in [5.74, 6) is -0.0966. The third-order valence-corrected chi connectivity index (χ3v) is 4.11. The summed E-state index contributed by atoms with van der Waals surface area (Å²) in [6.07, 6.45) is 5.23. The van der Waals surface area contributed by atoms with Crippen LogP contribution in [-0.4, -0.2) is 34.1 Å². The van der Waals surface area contributed by atoms with E-state index >= 15 is 0 Å². The molecule has 0 amide bonds. The number of rotatable bonds is 5. The second-order valence-electron chi connectivity index (χ2n) is 6.05. The third kappa shape index (κ3) is 3.44. The molecule has 0 spiro atoms. The molecule has 1 saturated heterocycles. The largest absolute Gasteiger partial charge is 0.480 e. The van der Waals surface area contributed by atoms with Crippen LogP contribution in [0.25, 0.3) is 0 Å². The fourth-order valence-electron chi connectivity index (χ4n) is 2.77. The minimum atomic E-state index is -0.676. The Morgan fingerprint density at radius 1 is 1.47 bits per heavy atom. The molecule has 3 heteroatoms. The van der Waals surface area contributed by atoms with Gasteiger partial charge >= 0.3 is 5.97 Å². The average Bonchev–Trinajstić information content (AvgIpc) is 2.26. The molecule has 3 nitrogen and oxygen atoms in total. The second kappa shape index (κ2) is 5.85. The highest BCUT2D eigenvalue weighted by Crippen LogP contribution is 2.30. The number of hydrogen-bond donors (Lipinski definition) is 1. The van der Waals surface area contributed by atoms with Crippen molar-refractivity contribution in [2.24, 2.45) is 5.92 Å². The van der Waals surface area contributed by atoms with Gasteiger partial charge in [-0.1, -0.05) is 20.3 Å². The van der Waals surface area contributed by atoms with Gasteiger partial charge in [-0.05, 0) is 52.0 Å². The molecule has 0 saturated carbocycles. The Kier molecular flexibility index (Phi) is 4.99. The molecule has 1 aliphatic rings. The molecule has 0 radical (unpaired) electrons. The number of carboxylic acid groups (broad SMARTS) is 1. The zero-order valence-electron chi connectivity index (χ0n) is 11.7. The lowest BCUT2D eigenvalue weighted by atomic mass is 9.86. The van der Waals surface area contributed by atoms with E-state index in [0.717, 1.165) is 32.2 Å². The van der Waals surface area contributed by atoms with E-state index in [1.165, 1.54) is 6.42 Å². The summed E-state index contributed by atoms with van der Waals surface area (Å²) in [7, 11) is 0. The molecule has 1 aliphatic heterocycles. The van der Waals surface area contributed by atoms with Gasteiger partial charge in [0.2, 0.25) is 0 Å². The molecule has 0 aliphatic carbocycles. The monoisotopic (exact) mass is 241 g/mol. The number of carboxylic acids is 1. The summed E-state index contributed by atoms with van der Waals surface area (Å²) in [5.41, 5.74) is -0.676. The summed E-state index contributed by atoms with van der Waals surface area (Å²) in [6.45, 7) is 9.31. The van der Waals surface area contributed by atoms with Gasteiger partial charge < -0.3 is 5.11 Å². The highest BCUT2D eigenvalue weighted by molar-refractivity contribution is 5.78. The summed E-state index contributed by atoms with van der Waals surface area (Å²) in [4.78, 5) is 13.8. The molecule has 0 bridgehead atoms. The van der Waals surface area contributed by atoms with Gasteiger partial charge in [0.1, 0.15) is 5.54 Å². The van der Waals surface area contributed by atoms with Crippen LogP contribution in [0.15, 0.2) is 0 Å². The van der Waals surface area contributed by atoms with Gasteiger partial charge in [-0.3, -0.25) is 9.69 Å². The third-order valence-electron chi connectivity index (χ3n) is 4.11. The standard InChI is InChI=1S/C14H27NO2/c1-11(2)8-9-14(4,13(16)17)15-10-6-5-7-12(15)3/h11-12H,5-10H2,1-4H3,(H,16,17). The van der Waals surface area contributed by atoms with Crippen LogP contribution in [0.1, 0.15) is 59.8 Å². The van der Waals surface area contributed by atoms with Crippen molar-refractivity contribution in [1.29, 1.82) is 0 Å². The minimum absolute atomic E-state index is 0.400. The van der Waals surface area contributed by atoms with Crippen molar-refractivity contribution >= 4 is 5.97 Å². The minimum Gasteiger partial charge on any atom is -0.480 e. The molecule has 1 fully saturated rings. The van der Waals surface area contributed by atoms with Crippen LogP contribution in [0.5, 0.6) is 0 Å². The average molecular weight is 241 g/mol. The maximum absolute atomic E-state index is 11.6. The Morgan fingerprint density at radius 3 is 2.59 bits per heavy atom. The van der Waals surface area contributed by atoms with Gasteiger partial charge in [0.15, 0.2) is 0 Å². The lowest BCUT2D eigenvalue weighted by Gasteiger charge is -2.44. The Hall–Kier alpha value is -0.570. The van der Waals surface area contributed by atoms with Gasteiger partial charge in [-0.15, -0.1) is 0 Å². The lowest BCUT2D eigenvalue weighted by Crippen LogP contribution is -2.57. The first-order valence-corrected chi connectivity index (χ1v) is 6.88. The molecule has 0 aromatic carbocycles. The van der Waals surface area contributed by atoms with E-state index in [4.69, 9.17) is 0 Å². The molecule has 0 aromatic heterocycles. The first-order chi connectivity index (χ1) is 7.88. The Morgan fingerprint density at radius 2 is 2.12 bits per heavy atom. The van der Waals surface area contributed by atoms with Gasteiger partial charge in [-0.25, -0.2) is 0 Å². The van der Waals surface area contributed by atoms with Crippen molar-refractivity contribution in [3.8, 4) is 0 Å². The highest BCUT2D eigenvalue weighted by atomic mass is 16.4. The normalized spacial score (nSPS) is 25.8. The van der Waals surface area contributed by atoms with Crippen molar-refractivity contribution in [2.45, 2.75) is 71.4 Å². The SMILES string of the molecule is CC(C)CCC(C)(C(=O)O)N1CCCCC1C. The summed E-state index contributed by atoms with van der Waals surface area (Å²) < 4.78 is 0. The van der Waals surface area contributed by atoms with Crippen LogP contribution in [-0.2, 0) is 4.79 Å². The fourth-order valence-corrected chi connectivity index (χ4v) is 2.77. The van der Waals surface area contributed by atoms with Crippen LogP contribution in [0.3, 0.4) is 0 Å². The van der Waals surface area contributed by atoms with E-state index < -0.39 is 11.5 Å². The molecule has 17 heavy (non-hydrogen) atoms. The topological polar surface area (TPSA) is 40.5 Å². The van der Waals surface area contributed by atoms with Crippen LogP contribution in [0.4, 0.5) is 0 Å². The predicted molar refractivity (Wildman–Crippen MR) is 70.1 cm³/mol. The van der Waals surface area contributed by atoms with E-state index in [1.54, 1.807) is 0 Å². The molecular formula is C14H27NO2. The van der Waals surface area contributed by atoms with Crippen molar-refractivity contribution in [3.05, 3.63) is 0 Å². The quantitative estimate of drug-likeness (QED) is 0.804. The number of hydrogen-bond acceptors (Lipinski definition) is 2. The van der Waals surface area contributed by atoms with Gasteiger partial charge in [0.05, 0.1) is 0 Å². The number of aliphatic carboxylic acids is 1. The van der Waals surface area contributed by atoms with Crippen molar-refractivity contribution in [2.75, 3.05) is 6.54 Å². The predicted octanol–water partition coefficient (Wildman–Crippen LogP) is 3.14. The van der Waals surface area contributed by atoms with Crippen molar-refractivity contribution in [3.63, 3.8) is 0 Å². The number of nitrogens with zero attached hydrogens (tertiary/aromatic N) is 1. The zero-order valence-corrected chi connectivity index (χ0v) is 11.7. The van der Waals surface area contributed by atoms with Crippen LogP contribution >= 0.6 is 0 Å². The maximum Gasteiger partial charge on any atom is 0.323 e. The lowest BCUT2D eigenvalue weighted by molar-refractivity contribution is -0.154. The van der Waals surface area contributed by atoms with E-state index in [9.17, 15) is 9.90 Å². The number of carbonyl (C=O) groups is 1. The maximum atomic E-state index is 11.6. The van der Waals surface area contributed by atoms with Crippen molar-refractivity contribution < 1.29 is 9.90 Å². The Bertz CT molecular complexity index is 265. The first-order valence-electron chi connectivity index (χ1n) is 6.88. The van der Waals surface area contributed by atoms with Gasteiger partial charge in [-0.2, -0.15) is 0 Å². The van der Waals surface area contributed by atoms with E-state index in [0.29, 0.717) is 12.0 Å². The molecule has 2 atom stereocenters. The van der Waals surface area contributed by atoms with Gasteiger partial charge in [0, 0.05) is 6.04 Å². The molecule has 0 aromatic rings. The van der Waals surface area contributed by atoms with E-state index in [-0.39, 0.29) is 0 Å². The molecule has 1 rings (SSSR count). The number of likely N-dealkylation sites (tertiary alicyclic amines) is 1. The summed E-state index contributed by atoms with van der Waals surface area (Å²) >= 11 is 0. The Balaban J connectivity index is 2.78. The Labute approximate surface area is 105 Å². The van der Waals surface area contributed by atoms with E-state index in [1.807, 2.05) is 6.92 Å². The highest BCUT2D eigenvalue weighted by Gasteiger charge is 2.42. The van der Waals surface area contributed by atoms with Crippen LogP contribution < -0.4 is 0 Å². The zero-order chi connectivity index (χ0) is 13.1. The molecule has 100 valence electrons. The molecule has 1 N–H and O–H groups in total. The summed E-state index contributed by atoms with van der Waals surface area (Å²) in [5, 5.41) is 9.57. The van der Waals surface area contributed by atoms with E-state index in [2.05, 4.69) is 25.7 Å². The van der Waals surface area contributed by atoms with Crippen molar-refractivity contribution in [1.82, 2.24) is 4.90 Å². The summed E-state index contributed by atoms with van der Waals surface area (Å²) in [6, 6.07) is 0.400. The molecular weight excluding hydrogens is 214 g/mol. The second-order valence-corrected chi connectivity index (χ2v) is 6.05. The molecule has 1 heterocycles. The smallest absolute Gasteiger partial charge is 0.323 e. The molecule has 2 unspecified atom stereocenters. The fraction of sp³-hybridized carbons (Fsp3) is 0.929. The van der Waals surface area contributed by atoms with Crippen LogP contribution in [0.2, 0.25) is 0 Å². The number of piperidine rings is 1. The van der Waals surface area contributed by atoms with Crippen LogP contribution in [0, 0.1) is 5.92 Å². The first kappa shape index (κ1) is 14.5. The van der Waals surface area contributed by atoms with Gasteiger partial charge in [0.25, 0.3) is 0 Å².